The average Bonchev–Trinajstić information content (AvgIpc) is 2.46. The summed E-state index contributed by atoms with van der Waals surface area (Å²) in [4.78, 5) is 0. The first-order valence-electron chi connectivity index (χ1n) is 9.08. The first-order chi connectivity index (χ1) is 10.5. The summed E-state index contributed by atoms with van der Waals surface area (Å²) in [5, 5.41) is -0.664. The van der Waals surface area contributed by atoms with Gasteiger partial charge in [0.1, 0.15) is 0 Å². The summed E-state index contributed by atoms with van der Waals surface area (Å²) in [5.74, 6) is 0. The fourth-order valence-corrected chi connectivity index (χ4v) is 3.69. The molecule has 0 rings (SSSR count). The topological polar surface area (TPSA) is 57.2 Å². The van der Waals surface area contributed by atoms with Crippen molar-refractivity contribution in [3.05, 3.63) is 12.7 Å². The average molecular weight is 355 g/mol. The van der Waals surface area contributed by atoms with Crippen LogP contribution in [0.5, 0.6) is 0 Å². The Morgan fingerprint density at radius 1 is 0.870 bits per heavy atom. The first kappa shape index (κ1) is 25.9. The Morgan fingerprint density at radius 3 is 1.74 bits per heavy atom. The fraction of sp³-hybridized carbons (Fsp3) is 0.889. The van der Waals surface area contributed by atoms with Crippen LogP contribution >= 0.6 is 0 Å². The van der Waals surface area contributed by atoms with Crippen LogP contribution < -0.4 is 29.6 Å². The monoisotopic (exact) mass is 354 g/mol. The molecule has 0 aromatic heterocycles. The molecule has 1 atom stereocenters. The smallest absolute Gasteiger partial charge is 0.748 e. The minimum Gasteiger partial charge on any atom is -0.748 e. The molecule has 0 aliphatic carbocycles. The van der Waals surface area contributed by atoms with Crippen molar-refractivity contribution < 1.29 is 42.5 Å². The maximum Gasteiger partial charge on any atom is 1.00 e. The Balaban J connectivity index is 0. The zero-order valence-corrected chi connectivity index (χ0v) is 18.2. The molecule has 0 N–H and O–H groups in total. The third-order valence-electron chi connectivity index (χ3n) is 4.22. The second-order valence-corrected chi connectivity index (χ2v) is 7.96. The second-order valence-electron chi connectivity index (χ2n) is 6.31. The van der Waals surface area contributed by atoms with Crippen LogP contribution in [-0.2, 0) is 10.1 Å². The van der Waals surface area contributed by atoms with Gasteiger partial charge in [-0.1, -0.05) is 77.2 Å². The van der Waals surface area contributed by atoms with E-state index >= 15 is 0 Å². The van der Waals surface area contributed by atoms with Crippen LogP contribution in [0.25, 0.3) is 0 Å². The minimum atomic E-state index is -4.13. The normalized spacial score (nSPS) is 12.6. The van der Waals surface area contributed by atoms with Gasteiger partial charge in [0.25, 0.3) is 0 Å². The summed E-state index contributed by atoms with van der Waals surface area (Å²) in [6.07, 6.45) is 16.2. The molecule has 0 aliphatic heterocycles. The van der Waals surface area contributed by atoms with Crippen LogP contribution in [0, 0.1) is 0 Å². The molecule has 0 aromatic carbocycles. The van der Waals surface area contributed by atoms with Gasteiger partial charge in [-0.05, 0) is 25.7 Å². The maximum absolute atomic E-state index is 11.3. The second kappa shape index (κ2) is 17.5. The van der Waals surface area contributed by atoms with Gasteiger partial charge in [0.2, 0.25) is 0 Å². The van der Waals surface area contributed by atoms with E-state index in [0.29, 0.717) is 12.8 Å². The van der Waals surface area contributed by atoms with Gasteiger partial charge in [0, 0.05) is 5.25 Å². The number of hydrogen-bond donors (Lipinski definition) is 0. The van der Waals surface area contributed by atoms with Crippen LogP contribution in [0.15, 0.2) is 12.7 Å². The molecule has 0 saturated carbocycles. The van der Waals surface area contributed by atoms with Gasteiger partial charge < -0.3 is 4.55 Å². The molecule has 132 valence electrons. The summed E-state index contributed by atoms with van der Waals surface area (Å²) in [5.41, 5.74) is 0. The molecule has 0 amide bonds. The Bertz CT molecular complexity index is 355. The SMILES string of the molecule is C=CCCCCCCC(CCCCCCCCC)S(=O)(=O)[O-].[Na+]. The van der Waals surface area contributed by atoms with Crippen molar-refractivity contribution in [3.63, 3.8) is 0 Å². The van der Waals surface area contributed by atoms with Gasteiger partial charge >= 0.3 is 29.6 Å². The van der Waals surface area contributed by atoms with E-state index < -0.39 is 15.4 Å². The Hall–Kier alpha value is 0.650. The molecule has 0 bridgehead atoms. The molecule has 5 heteroatoms. The van der Waals surface area contributed by atoms with Crippen molar-refractivity contribution in [1.29, 1.82) is 0 Å². The van der Waals surface area contributed by atoms with Crippen LogP contribution in [-0.4, -0.2) is 18.2 Å². The fourth-order valence-electron chi connectivity index (χ4n) is 2.78. The van der Waals surface area contributed by atoms with Gasteiger partial charge in [-0.3, -0.25) is 0 Å². The predicted molar refractivity (Wildman–Crippen MR) is 94.0 cm³/mol. The molecule has 3 nitrogen and oxygen atoms in total. The Kier molecular flexibility index (Phi) is 19.7. The molecular weight excluding hydrogens is 319 g/mol. The molecule has 0 aromatic rings. The molecule has 1 unspecified atom stereocenters. The van der Waals surface area contributed by atoms with Crippen molar-refractivity contribution in [2.24, 2.45) is 0 Å². The summed E-state index contributed by atoms with van der Waals surface area (Å²) < 4.78 is 34.0. The largest absolute Gasteiger partial charge is 1.00 e. The van der Waals surface area contributed by atoms with Crippen LogP contribution in [0.4, 0.5) is 0 Å². The first-order valence-corrected chi connectivity index (χ1v) is 10.5. The molecule has 0 spiro atoms. The number of hydrogen-bond acceptors (Lipinski definition) is 3. The molecule has 23 heavy (non-hydrogen) atoms. The quantitative estimate of drug-likeness (QED) is 0.185. The maximum atomic E-state index is 11.3. The predicted octanol–water partition coefficient (Wildman–Crippen LogP) is 2.57. The summed E-state index contributed by atoms with van der Waals surface area (Å²) in [6.45, 7) is 5.88. The van der Waals surface area contributed by atoms with Gasteiger partial charge in [-0.25, -0.2) is 8.42 Å². The summed E-state index contributed by atoms with van der Waals surface area (Å²) in [7, 11) is -4.13. The number of allylic oxidation sites excluding steroid dienone is 1. The Morgan fingerprint density at radius 2 is 1.30 bits per heavy atom. The van der Waals surface area contributed by atoms with Crippen LogP contribution in [0.1, 0.15) is 96.8 Å². The van der Waals surface area contributed by atoms with Crippen molar-refractivity contribution in [2.45, 2.75) is 102 Å². The van der Waals surface area contributed by atoms with E-state index in [1.165, 1.54) is 25.7 Å². The zero-order valence-electron chi connectivity index (χ0n) is 15.4. The molecule has 0 aliphatic rings. The van der Waals surface area contributed by atoms with Crippen molar-refractivity contribution in [2.75, 3.05) is 0 Å². The van der Waals surface area contributed by atoms with Gasteiger partial charge in [-0.2, -0.15) is 0 Å². The van der Waals surface area contributed by atoms with Gasteiger partial charge in [0.05, 0.1) is 10.1 Å². The van der Waals surface area contributed by atoms with Crippen molar-refractivity contribution >= 4 is 10.1 Å². The molecule has 0 radical (unpaired) electrons. The third-order valence-corrected chi connectivity index (χ3v) is 5.51. The minimum absolute atomic E-state index is 0. The standard InChI is InChI=1S/C18H36O3S.Na/c1-3-5-7-9-11-13-15-17-18(22(19,20)21)16-14-12-10-8-6-4-2;/h4,18H,2-3,5-17H2,1H3,(H,19,20,21);/q;+1/p-1. The van der Waals surface area contributed by atoms with Crippen molar-refractivity contribution in [3.8, 4) is 0 Å². The summed E-state index contributed by atoms with van der Waals surface area (Å²) >= 11 is 0. The van der Waals surface area contributed by atoms with Crippen LogP contribution in [0.2, 0.25) is 0 Å². The molecular formula is C18H35NaO3S. The van der Waals surface area contributed by atoms with E-state index in [1.807, 2.05) is 6.08 Å². The van der Waals surface area contributed by atoms with Crippen molar-refractivity contribution in [1.82, 2.24) is 0 Å². The third kappa shape index (κ3) is 17.3. The van der Waals surface area contributed by atoms with E-state index in [1.54, 1.807) is 0 Å². The van der Waals surface area contributed by atoms with E-state index in [4.69, 9.17) is 0 Å². The molecule has 0 heterocycles. The number of unbranched alkanes of at least 4 members (excludes halogenated alkanes) is 10. The zero-order chi connectivity index (χ0) is 16.7. The Labute approximate surface area is 166 Å². The van der Waals surface area contributed by atoms with E-state index in [9.17, 15) is 13.0 Å². The van der Waals surface area contributed by atoms with E-state index in [0.717, 1.165) is 51.4 Å². The van der Waals surface area contributed by atoms with Crippen LogP contribution in [0.3, 0.4) is 0 Å². The number of rotatable bonds is 16. The molecule has 0 fully saturated rings. The van der Waals surface area contributed by atoms with E-state index in [2.05, 4.69) is 13.5 Å². The summed E-state index contributed by atoms with van der Waals surface area (Å²) in [6, 6.07) is 0. The van der Waals surface area contributed by atoms with Gasteiger partial charge in [-0.15, -0.1) is 6.58 Å². The molecule has 0 saturated heterocycles. The van der Waals surface area contributed by atoms with E-state index in [-0.39, 0.29) is 29.6 Å². The van der Waals surface area contributed by atoms with Gasteiger partial charge in [0.15, 0.2) is 0 Å².